The third-order valence-corrected chi connectivity index (χ3v) is 0.732. The Balaban J connectivity index is 3.46. The molecule has 0 aliphatic carbocycles. The van der Waals surface area contributed by atoms with Crippen LogP contribution in [0.15, 0.2) is 0 Å². The molecule has 0 aromatic rings. The molecule has 0 radical (unpaired) electrons. The minimum atomic E-state index is -1.38. The van der Waals surface area contributed by atoms with Gasteiger partial charge in [-0.05, 0) is 6.92 Å². The fourth-order valence-corrected chi connectivity index (χ4v) is 0.313. The first kappa shape index (κ1) is 8.39. The van der Waals surface area contributed by atoms with Gasteiger partial charge < -0.3 is 14.9 Å². The van der Waals surface area contributed by atoms with Crippen LogP contribution in [0, 0.1) is 0 Å². The summed E-state index contributed by atoms with van der Waals surface area (Å²) in [5, 5.41) is 16.7. The quantitative estimate of drug-likeness (QED) is 0.481. The Morgan fingerprint density at radius 1 is 1.78 bits per heavy atom. The van der Waals surface area contributed by atoms with E-state index in [0.717, 1.165) is 0 Å². The molecule has 4 heteroatoms. The molecule has 4 nitrogen and oxygen atoms in total. The third kappa shape index (κ3) is 3.05. The molecule has 54 valence electrons. The molecule has 0 rings (SSSR count). The number of ether oxygens (including phenoxy) is 1. The summed E-state index contributed by atoms with van der Waals surface area (Å²) < 4.78 is 4.35. The standard InChI is InChI=1S/C5H10O4/c1-2-9-5(8)4(7)3-6/h4,6-7H,2-3H2,1H3/t4-/m0/s1. The molecule has 2 N–H and O–H groups in total. The van der Waals surface area contributed by atoms with Gasteiger partial charge in [-0.25, -0.2) is 4.79 Å². The summed E-state index contributed by atoms with van der Waals surface area (Å²) >= 11 is 0. The first-order valence-electron chi connectivity index (χ1n) is 2.68. The SMILES string of the molecule is CCOC(=O)[C@@H](O)CO. The molecule has 0 aromatic heterocycles. The van der Waals surface area contributed by atoms with Crippen molar-refractivity contribution in [3.8, 4) is 0 Å². The van der Waals surface area contributed by atoms with E-state index in [0.29, 0.717) is 0 Å². The van der Waals surface area contributed by atoms with Crippen molar-refractivity contribution in [2.24, 2.45) is 0 Å². The average molecular weight is 134 g/mol. The molecular formula is C5H10O4. The van der Waals surface area contributed by atoms with Gasteiger partial charge in [-0.3, -0.25) is 0 Å². The predicted molar refractivity (Wildman–Crippen MR) is 29.7 cm³/mol. The van der Waals surface area contributed by atoms with Gasteiger partial charge in [0.2, 0.25) is 0 Å². The minimum absolute atomic E-state index is 0.218. The second kappa shape index (κ2) is 4.29. The number of aliphatic hydroxyl groups is 2. The number of hydrogen-bond acceptors (Lipinski definition) is 4. The fourth-order valence-electron chi connectivity index (χ4n) is 0.313. The zero-order valence-corrected chi connectivity index (χ0v) is 5.20. The van der Waals surface area contributed by atoms with E-state index in [-0.39, 0.29) is 6.61 Å². The summed E-state index contributed by atoms with van der Waals surface area (Å²) in [6.45, 7) is 1.26. The van der Waals surface area contributed by atoms with Gasteiger partial charge in [0, 0.05) is 0 Å². The molecule has 0 saturated carbocycles. The van der Waals surface area contributed by atoms with Crippen LogP contribution in [0.4, 0.5) is 0 Å². The van der Waals surface area contributed by atoms with Crippen LogP contribution in [0.3, 0.4) is 0 Å². The largest absolute Gasteiger partial charge is 0.464 e. The lowest BCUT2D eigenvalue weighted by Gasteiger charge is -2.04. The molecule has 0 aliphatic heterocycles. The Labute approximate surface area is 53.1 Å². The molecule has 0 fully saturated rings. The number of carbonyl (C=O) groups is 1. The van der Waals surface area contributed by atoms with Crippen molar-refractivity contribution in [3.05, 3.63) is 0 Å². The van der Waals surface area contributed by atoms with E-state index in [4.69, 9.17) is 10.2 Å². The van der Waals surface area contributed by atoms with Crippen molar-refractivity contribution in [1.82, 2.24) is 0 Å². The topological polar surface area (TPSA) is 66.8 Å². The smallest absolute Gasteiger partial charge is 0.337 e. The zero-order chi connectivity index (χ0) is 7.28. The lowest BCUT2D eigenvalue weighted by Crippen LogP contribution is -2.26. The van der Waals surface area contributed by atoms with Crippen molar-refractivity contribution < 1.29 is 19.7 Å². The van der Waals surface area contributed by atoms with E-state index in [2.05, 4.69) is 4.74 Å². The highest BCUT2D eigenvalue weighted by Crippen LogP contribution is 1.85. The number of hydrogen-bond donors (Lipinski definition) is 2. The first-order valence-corrected chi connectivity index (χ1v) is 2.68. The van der Waals surface area contributed by atoms with Crippen molar-refractivity contribution >= 4 is 5.97 Å². The van der Waals surface area contributed by atoms with E-state index in [1.807, 2.05) is 0 Å². The van der Waals surface area contributed by atoms with E-state index in [9.17, 15) is 4.79 Å². The highest BCUT2D eigenvalue weighted by Gasteiger charge is 2.13. The molecule has 0 bridgehead atoms. The van der Waals surface area contributed by atoms with Crippen LogP contribution in [0.2, 0.25) is 0 Å². The Bertz CT molecular complexity index is 91.0. The maximum Gasteiger partial charge on any atom is 0.337 e. The second-order valence-corrected chi connectivity index (χ2v) is 1.45. The van der Waals surface area contributed by atoms with Gasteiger partial charge in [-0.2, -0.15) is 0 Å². The maximum atomic E-state index is 10.3. The van der Waals surface area contributed by atoms with Gasteiger partial charge in [0.15, 0.2) is 6.10 Å². The average Bonchev–Trinajstić information content (AvgIpc) is 1.87. The van der Waals surface area contributed by atoms with Gasteiger partial charge in [0.1, 0.15) is 0 Å². The van der Waals surface area contributed by atoms with E-state index >= 15 is 0 Å². The van der Waals surface area contributed by atoms with Crippen LogP contribution in [0.5, 0.6) is 0 Å². The van der Waals surface area contributed by atoms with Gasteiger partial charge >= 0.3 is 5.97 Å². The summed E-state index contributed by atoms with van der Waals surface area (Å²) in [5.74, 6) is -0.778. The second-order valence-electron chi connectivity index (χ2n) is 1.45. The van der Waals surface area contributed by atoms with Crippen LogP contribution in [-0.4, -0.2) is 35.5 Å². The van der Waals surface area contributed by atoms with E-state index < -0.39 is 18.7 Å². The van der Waals surface area contributed by atoms with E-state index in [1.165, 1.54) is 0 Å². The Morgan fingerprint density at radius 2 is 2.33 bits per heavy atom. The minimum Gasteiger partial charge on any atom is -0.464 e. The molecule has 1 atom stereocenters. The molecule has 0 aromatic carbocycles. The summed E-state index contributed by atoms with van der Waals surface area (Å²) in [5.41, 5.74) is 0. The first-order chi connectivity index (χ1) is 4.22. The lowest BCUT2D eigenvalue weighted by molar-refractivity contribution is -0.154. The van der Waals surface area contributed by atoms with Crippen LogP contribution >= 0.6 is 0 Å². The van der Waals surface area contributed by atoms with Crippen molar-refractivity contribution in [2.75, 3.05) is 13.2 Å². The van der Waals surface area contributed by atoms with Gasteiger partial charge in [0.25, 0.3) is 0 Å². The zero-order valence-electron chi connectivity index (χ0n) is 5.20. The Morgan fingerprint density at radius 3 is 2.67 bits per heavy atom. The molecule has 9 heavy (non-hydrogen) atoms. The monoisotopic (exact) mass is 134 g/mol. The lowest BCUT2D eigenvalue weighted by atomic mass is 10.4. The summed E-state index contributed by atoms with van der Waals surface area (Å²) in [6, 6.07) is 0. The normalized spacial score (nSPS) is 12.8. The molecule has 0 saturated heterocycles. The fraction of sp³-hybridized carbons (Fsp3) is 0.800. The summed E-state index contributed by atoms with van der Waals surface area (Å²) in [4.78, 5) is 10.3. The van der Waals surface area contributed by atoms with Crippen molar-refractivity contribution in [2.45, 2.75) is 13.0 Å². The van der Waals surface area contributed by atoms with Crippen molar-refractivity contribution in [1.29, 1.82) is 0 Å². The van der Waals surface area contributed by atoms with Gasteiger partial charge in [-0.15, -0.1) is 0 Å². The van der Waals surface area contributed by atoms with Gasteiger partial charge in [0.05, 0.1) is 13.2 Å². The molecule has 0 aliphatic rings. The van der Waals surface area contributed by atoms with Crippen LogP contribution in [-0.2, 0) is 9.53 Å². The van der Waals surface area contributed by atoms with Crippen molar-refractivity contribution in [3.63, 3.8) is 0 Å². The molecule has 0 heterocycles. The molecule has 0 spiro atoms. The summed E-state index contributed by atoms with van der Waals surface area (Å²) in [6.07, 6.45) is -1.38. The third-order valence-electron chi connectivity index (χ3n) is 0.732. The highest BCUT2D eigenvalue weighted by molar-refractivity contribution is 5.74. The number of rotatable bonds is 3. The van der Waals surface area contributed by atoms with Crippen LogP contribution in [0.25, 0.3) is 0 Å². The number of carbonyl (C=O) groups excluding carboxylic acids is 1. The van der Waals surface area contributed by atoms with Gasteiger partial charge in [-0.1, -0.05) is 0 Å². The summed E-state index contributed by atoms with van der Waals surface area (Å²) in [7, 11) is 0. The van der Waals surface area contributed by atoms with Crippen LogP contribution < -0.4 is 0 Å². The van der Waals surface area contributed by atoms with Crippen LogP contribution in [0.1, 0.15) is 6.92 Å². The van der Waals surface area contributed by atoms with E-state index in [1.54, 1.807) is 6.92 Å². The number of aliphatic hydroxyl groups excluding tert-OH is 2. The highest BCUT2D eigenvalue weighted by atomic mass is 16.5. The Kier molecular flexibility index (Phi) is 4.00. The molecular weight excluding hydrogens is 124 g/mol. The maximum absolute atomic E-state index is 10.3. The Hall–Kier alpha value is -0.610. The molecule has 0 unspecified atom stereocenters. The predicted octanol–water partition coefficient (Wildman–Crippen LogP) is -1.10. The molecule has 0 amide bonds. The number of esters is 1.